The third kappa shape index (κ3) is 5.60. The Morgan fingerprint density at radius 1 is 1.24 bits per heavy atom. The molecule has 0 bridgehead atoms. The number of nitrogen functional groups attached to an aromatic ring is 1. The number of amides is 4. The minimum absolute atomic E-state index is 0.00610. The molecule has 13 heteroatoms. The number of benzene rings is 2. The van der Waals surface area contributed by atoms with E-state index in [-0.39, 0.29) is 46.7 Å². The second-order valence-corrected chi connectivity index (χ2v) is 7.88. The van der Waals surface area contributed by atoms with Crippen LogP contribution in [0.1, 0.15) is 28.8 Å². The van der Waals surface area contributed by atoms with Gasteiger partial charge in [-0.15, -0.1) is 13.2 Å². The fourth-order valence-corrected chi connectivity index (χ4v) is 3.94. The van der Waals surface area contributed by atoms with Crippen LogP contribution in [0.3, 0.4) is 0 Å². The minimum Gasteiger partial charge on any atom is -0.418 e. The standard InChI is InChI=1S/C21H18F3N3O6S/c1-11-12(20(31)27(10-28)14-8-9-17(29)26-19(14)30)6-7-13(25)18(11)33-34-16-5-3-2-4-15(16)32-21(22,23)24/h2-7,10,14H,8-9,25H2,1H3,(H,26,29,30). The van der Waals surface area contributed by atoms with Gasteiger partial charge in [0.15, 0.2) is 5.75 Å². The number of ether oxygens (including phenoxy) is 1. The number of alkyl halides is 3. The molecule has 3 rings (SSSR count). The molecule has 2 aromatic carbocycles. The molecule has 1 aliphatic heterocycles. The largest absolute Gasteiger partial charge is 0.573 e. The third-order valence-electron chi connectivity index (χ3n) is 4.85. The summed E-state index contributed by atoms with van der Waals surface area (Å²) in [6, 6.07) is 6.75. The molecule has 9 nitrogen and oxygen atoms in total. The number of imide groups is 2. The van der Waals surface area contributed by atoms with Crippen molar-refractivity contribution in [3.05, 3.63) is 47.5 Å². The molecule has 1 fully saturated rings. The van der Waals surface area contributed by atoms with E-state index in [1.54, 1.807) is 0 Å². The summed E-state index contributed by atoms with van der Waals surface area (Å²) >= 11 is 0.531. The van der Waals surface area contributed by atoms with E-state index in [4.69, 9.17) is 9.92 Å². The highest BCUT2D eigenvalue weighted by Gasteiger charge is 2.36. The lowest BCUT2D eigenvalue weighted by molar-refractivity contribution is -0.275. The lowest BCUT2D eigenvalue weighted by atomic mass is 10.0. The number of carbonyl (C=O) groups is 4. The van der Waals surface area contributed by atoms with Gasteiger partial charge in [-0.2, -0.15) is 0 Å². The highest BCUT2D eigenvalue weighted by atomic mass is 32.2. The second kappa shape index (κ2) is 10.0. The highest BCUT2D eigenvalue weighted by molar-refractivity contribution is 7.95. The summed E-state index contributed by atoms with van der Waals surface area (Å²) in [6.07, 6.45) is -4.79. The number of piperidine rings is 1. The van der Waals surface area contributed by atoms with Crippen molar-refractivity contribution in [2.75, 3.05) is 5.73 Å². The molecule has 3 N–H and O–H groups in total. The predicted octanol–water partition coefficient (Wildman–Crippen LogP) is 2.97. The molecule has 0 aliphatic carbocycles. The Balaban J connectivity index is 1.85. The first-order valence-corrected chi connectivity index (χ1v) is 10.5. The Labute approximate surface area is 195 Å². The van der Waals surface area contributed by atoms with Gasteiger partial charge in [0.05, 0.1) is 22.6 Å². The zero-order chi connectivity index (χ0) is 25.0. The van der Waals surface area contributed by atoms with Crippen LogP contribution in [0.4, 0.5) is 18.9 Å². The smallest absolute Gasteiger partial charge is 0.418 e. The van der Waals surface area contributed by atoms with Gasteiger partial charge in [-0.3, -0.25) is 29.4 Å². The van der Waals surface area contributed by atoms with Crippen LogP contribution in [0.25, 0.3) is 0 Å². The maximum atomic E-state index is 13.1. The van der Waals surface area contributed by atoms with Crippen molar-refractivity contribution in [1.82, 2.24) is 10.2 Å². The molecule has 34 heavy (non-hydrogen) atoms. The maximum absolute atomic E-state index is 13.1. The highest BCUT2D eigenvalue weighted by Crippen LogP contribution is 2.38. The van der Waals surface area contributed by atoms with Crippen LogP contribution in [-0.2, 0) is 14.4 Å². The summed E-state index contributed by atoms with van der Waals surface area (Å²) in [5, 5.41) is 2.07. The van der Waals surface area contributed by atoms with Crippen LogP contribution >= 0.6 is 12.0 Å². The molecule has 1 aliphatic rings. The molecule has 0 spiro atoms. The van der Waals surface area contributed by atoms with E-state index in [1.165, 1.54) is 37.3 Å². The Morgan fingerprint density at radius 3 is 2.59 bits per heavy atom. The zero-order valence-electron chi connectivity index (χ0n) is 17.5. The number of carbonyl (C=O) groups excluding carboxylic acids is 4. The van der Waals surface area contributed by atoms with Crippen molar-refractivity contribution < 1.29 is 41.3 Å². The first-order chi connectivity index (χ1) is 16.0. The van der Waals surface area contributed by atoms with Gasteiger partial charge >= 0.3 is 6.36 Å². The van der Waals surface area contributed by atoms with Crippen LogP contribution < -0.4 is 20.0 Å². The van der Waals surface area contributed by atoms with E-state index < -0.39 is 35.9 Å². The molecule has 0 aromatic heterocycles. The van der Waals surface area contributed by atoms with Crippen molar-refractivity contribution in [2.24, 2.45) is 0 Å². The molecule has 0 radical (unpaired) electrons. The van der Waals surface area contributed by atoms with Gasteiger partial charge in [0.1, 0.15) is 11.8 Å². The SMILES string of the molecule is Cc1c(C(=O)N(C=O)C2CCC(=O)NC2=O)ccc(N)c1OSc1ccccc1OC(F)(F)F. The fourth-order valence-electron chi connectivity index (χ4n) is 3.22. The normalized spacial score (nSPS) is 15.9. The Kier molecular flexibility index (Phi) is 7.35. The number of halogens is 3. The van der Waals surface area contributed by atoms with Gasteiger partial charge in [-0.1, -0.05) is 12.1 Å². The average Bonchev–Trinajstić information content (AvgIpc) is 2.75. The number of para-hydroxylation sites is 1. The van der Waals surface area contributed by atoms with Gasteiger partial charge in [-0.05, 0) is 37.6 Å². The van der Waals surface area contributed by atoms with E-state index in [2.05, 4.69) is 10.1 Å². The summed E-state index contributed by atoms with van der Waals surface area (Å²) in [5.74, 6) is -2.64. The predicted molar refractivity (Wildman–Crippen MR) is 114 cm³/mol. The van der Waals surface area contributed by atoms with Crippen LogP contribution in [0, 0.1) is 6.92 Å². The third-order valence-corrected chi connectivity index (χ3v) is 5.62. The van der Waals surface area contributed by atoms with Crippen molar-refractivity contribution >= 4 is 41.9 Å². The lowest BCUT2D eigenvalue weighted by Gasteiger charge is -2.29. The Morgan fingerprint density at radius 2 is 1.94 bits per heavy atom. The van der Waals surface area contributed by atoms with Crippen LogP contribution in [-0.4, -0.2) is 41.4 Å². The molecular weight excluding hydrogens is 479 g/mol. The molecule has 0 saturated carbocycles. The Hall–Kier alpha value is -3.74. The van der Waals surface area contributed by atoms with Crippen LogP contribution in [0.15, 0.2) is 41.3 Å². The molecule has 2 aromatic rings. The molecule has 1 heterocycles. The zero-order valence-corrected chi connectivity index (χ0v) is 18.4. The summed E-state index contributed by atoms with van der Waals surface area (Å²) in [4.78, 5) is 48.8. The first kappa shape index (κ1) is 24.9. The fraction of sp³-hybridized carbons (Fsp3) is 0.238. The Bertz CT molecular complexity index is 1140. The molecule has 1 saturated heterocycles. The van der Waals surface area contributed by atoms with Crippen molar-refractivity contribution in [3.8, 4) is 11.5 Å². The van der Waals surface area contributed by atoms with Gasteiger partial charge in [0.25, 0.3) is 5.91 Å². The second-order valence-electron chi connectivity index (χ2n) is 7.10. The number of anilines is 1. The summed E-state index contributed by atoms with van der Waals surface area (Å²) in [7, 11) is 0. The number of nitrogens with two attached hydrogens (primary N) is 1. The average molecular weight is 497 g/mol. The monoisotopic (exact) mass is 497 g/mol. The van der Waals surface area contributed by atoms with Gasteiger partial charge in [0.2, 0.25) is 18.2 Å². The summed E-state index contributed by atoms with van der Waals surface area (Å²) in [5.41, 5.74) is 6.18. The molecule has 1 atom stereocenters. The van der Waals surface area contributed by atoms with E-state index in [9.17, 15) is 32.3 Å². The molecule has 180 valence electrons. The minimum atomic E-state index is -4.91. The van der Waals surface area contributed by atoms with Gasteiger partial charge in [-0.25, -0.2) is 0 Å². The summed E-state index contributed by atoms with van der Waals surface area (Å²) < 4.78 is 47.5. The van der Waals surface area contributed by atoms with Crippen molar-refractivity contribution in [2.45, 2.75) is 37.1 Å². The number of rotatable bonds is 7. The van der Waals surface area contributed by atoms with Crippen LogP contribution in [0.2, 0.25) is 0 Å². The summed E-state index contributed by atoms with van der Waals surface area (Å²) in [6.45, 7) is 1.46. The van der Waals surface area contributed by atoms with Crippen LogP contribution in [0.5, 0.6) is 11.5 Å². The van der Waals surface area contributed by atoms with Gasteiger partial charge < -0.3 is 14.7 Å². The van der Waals surface area contributed by atoms with E-state index in [0.717, 1.165) is 6.07 Å². The maximum Gasteiger partial charge on any atom is 0.573 e. The van der Waals surface area contributed by atoms with E-state index >= 15 is 0 Å². The number of hydrogen-bond donors (Lipinski definition) is 2. The topological polar surface area (TPSA) is 128 Å². The van der Waals surface area contributed by atoms with Crippen molar-refractivity contribution in [1.29, 1.82) is 0 Å². The number of nitrogens with zero attached hydrogens (tertiary/aromatic N) is 1. The molecular formula is C21H18F3N3O6S. The van der Waals surface area contributed by atoms with Gasteiger partial charge in [0, 0.05) is 17.5 Å². The molecule has 4 amide bonds. The lowest BCUT2D eigenvalue weighted by Crippen LogP contribution is -2.53. The number of hydrogen-bond acceptors (Lipinski definition) is 8. The molecule has 1 unspecified atom stereocenters. The van der Waals surface area contributed by atoms with E-state index in [1.807, 2.05) is 0 Å². The quantitative estimate of drug-likeness (QED) is 0.259. The van der Waals surface area contributed by atoms with E-state index in [0.29, 0.717) is 16.9 Å². The first-order valence-electron chi connectivity index (χ1n) is 9.72. The number of nitrogens with one attached hydrogen (secondary N) is 1. The van der Waals surface area contributed by atoms with Crippen molar-refractivity contribution in [3.63, 3.8) is 0 Å².